The van der Waals surface area contributed by atoms with E-state index in [0.717, 1.165) is 25.8 Å². The molecule has 0 heterocycles. The Bertz CT molecular complexity index is 415. The van der Waals surface area contributed by atoms with E-state index in [1.807, 2.05) is 13.8 Å². The smallest absolute Gasteiger partial charge is 0.0683 e. The number of benzene rings is 1. The third-order valence-electron chi connectivity index (χ3n) is 3.29. The van der Waals surface area contributed by atoms with Crippen molar-refractivity contribution in [2.75, 3.05) is 18.5 Å². The first-order chi connectivity index (χ1) is 8.44. The fourth-order valence-corrected chi connectivity index (χ4v) is 1.97. The molecular formula is C16H24N2. The van der Waals surface area contributed by atoms with Gasteiger partial charge in [0.25, 0.3) is 0 Å². The molecule has 1 aromatic rings. The van der Waals surface area contributed by atoms with Crippen molar-refractivity contribution in [2.45, 2.75) is 40.0 Å². The molecule has 0 saturated carbocycles. The second-order valence-electron chi connectivity index (χ2n) is 5.71. The van der Waals surface area contributed by atoms with Gasteiger partial charge in [-0.25, -0.2) is 0 Å². The fraction of sp³-hybridized carbons (Fsp3) is 0.562. The molecule has 0 amide bonds. The van der Waals surface area contributed by atoms with Crippen LogP contribution in [0.3, 0.4) is 0 Å². The van der Waals surface area contributed by atoms with Crippen molar-refractivity contribution in [1.29, 1.82) is 5.26 Å². The predicted octanol–water partition coefficient (Wildman–Crippen LogP) is 4.15. The van der Waals surface area contributed by atoms with Crippen LogP contribution >= 0.6 is 0 Å². The molecule has 18 heavy (non-hydrogen) atoms. The van der Waals surface area contributed by atoms with Crippen molar-refractivity contribution < 1.29 is 0 Å². The first-order valence-corrected chi connectivity index (χ1v) is 6.64. The van der Waals surface area contributed by atoms with Gasteiger partial charge in [-0.15, -0.1) is 0 Å². The number of nitriles is 1. The van der Waals surface area contributed by atoms with Crippen LogP contribution < -0.4 is 4.90 Å². The van der Waals surface area contributed by atoms with E-state index in [1.165, 1.54) is 11.3 Å². The minimum atomic E-state index is -0.179. The Kier molecular flexibility index (Phi) is 5.22. The van der Waals surface area contributed by atoms with E-state index in [9.17, 15) is 0 Å². The predicted molar refractivity (Wildman–Crippen MR) is 77.7 cm³/mol. The first-order valence-electron chi connectivity index (χ1n) is 6.64. The maximum atomic E-state index is 8.95. The van der Waals surface area contributed by atoms with Gasteiger partial charge in [0.1, 0.15) is 0 Å². The van der Waals surface area contributed by atoms with E-state index in [-0.39, 0.29) is 5.41 Å². The molecule has 0 bridgehead atoms. The molecule has 0 radical (unpaired) electrons. The molecule has 2 nitrogen and oxygen atoms in total. The Morgan fingerprint density at radius 2 is 2.00 bits per heavy atom. The molecule has 1 rings (SSSR count). The van der Waals surface area contributed by atoms with Crippen LogP contribution in [-0.2, 0) is 0 Å². The minimum absolute atomic E-state index is 0.179. The molecule has 0 aromatic heterocycles. The van der Waals surface area contributed by atoms with E-state index >= 15 is 0 Å². The van der Waals surface area contributed by atoms with Gasteiger partial charge in [-0.2, -0.15) is 5.26 Å². The summed E-state index contributed by atoms with van der Waals surface area (Å²) >= 11 is 0. The van der Waals surface area contributed by atoms with Gasteiger partial charge in [0.15, 0.2) is 0 Å². The normalized spacial score (nSPS) is 11.1. The Labute approximate surface area is 111 Å². The van der Waals surface area contributed by atoms with E-state index in [0.29, 0.717) is 0 Å². The van der Waals surface area contributed by atoms with Crippen molar-refractivity contribution in [3.8, 4) is 6.07 Å². The summed E-state index contributed by atoms with van der Waals surface area (Å²) in [5.74, 6) is 0. The zero-order chi connectivity index (χ0) is 13.6. The highest BCUT2D eigenvalue weighted by molar-refractivity contribution is 5.47. The molecule has 0 N–H and O–H groups in total. The van der Waals surface area contributed by atoms with Crippen LogP contribution in [0.5, 0.6) is 0 Å². The molecule has 0 atom stereocenters. The third-order valence-corrected chi connectivity index (χ3v) is 3.29. The molecule has 2 heteroatoms. The molecule has 1 aromatic carbocycles. The molecule has 0 saturated heterocycles. The van der Waals surface area contributed by atoms with E-state index in [2.05, 4.69) is 49.2 Å². The first kappa shape index (κ1) is 14.6. The average Bonchev–Trinajstić information content (AvgIpc) is 2.34. The van der Waals surface area contributed by atoms with Gasteiger partial charge in [0, 0.05) is 19.3 Å². The summed E-state index contributed by atoms with van der Waals surface area (Å²) in [4.78, 5) is 2.28. The Morgan fingerprint density at radius 1 is 1.28 bits per heavy atom. The van der Waals surface area contributed by atoms with E-state index in [4.69, 9.17) is 5.26 Å². The SMILES string of the molecule is Cc1cccc(N(C)CCCCC(C)(C)C#N)c1. The zero-order valence-electron chi connectivity index (χ0n) is 12.0. The summed E-state index contributed by atoms with van der Waals surface area (Å²) in [7, 11) is 2.13. The summed E-state index contributed by atoms with van der Waals surface area (Å²) < 4.78 is 0. The highest BCUT2D eigenvalue weighted by Gasteiger charge is 2.15. The van der Waals surface area contributed by atoms with Gasteiger partial charge in [-0.1, -0.05) is 18.6 Å². The van der Waals surface area contributed by atoms with Crippen LogP contribution in [0, 0.1) is 23.7 Å². The third kappa shape index (κ3) is 4.79. The van der Waals surface area contributed by atoms with Crippen molar-refractivity contribution in [2.24, 2.45) is 5.41 Å². The lowest BCUT2D eigenvalue weighted by Crippen LogP contribution is -2.19. The summed E-state index contributed by atoms with van der Waals surface area (Å²) in [6.07, 6.45) is 3.22. The lowest BCUT2D eigenvalue weighted by molar-refractivity contribution is 0.427. The zero-order valence-corrected chi connectivity index (χ0v) is 12.0. The highest BCUT2D eigenvalue weighted by Crippen LogP contribution is 2.22. The number of anilines is 1. The fourth-order valence-electron chi connectivity index (χ4n) is 1.97. The van der Waals surface area contributed by atoms with Gasteiger partial charge in [0.05, 0.1) is 11.5 Å². The number of hydrogen-bond donors (Lipinski definition) is 0. The summed E-state index contributed by atoms with van der Waals surface area (Å²) in [5, 5.41) is 8.95. The number of rotatable bonds is 6. The van der Waals surface area contributed by atoms with Gasteiger partial charge in [-0.3, -0.25) is 0 Å². The summed E-state index contributed by atoms with van der Waals surface area (Å²) in [6, 6.07) is 10.9. The quantitative estimate of drug-likeness (QED) is 0.703. The molecule has 0 spiro atoms. The maximum Gasteiger partial charge on any atom is 0.0683 e. The van der Waals surface area contributed by atoms with E-state index in [1.54, 1.807) is 0 Å². The molecule has 0 fully saturated rings. The molecule has 0 unspecified atom stereocenters. The number of hydrogen-bond acceptors (Lipinski definition) is 2. The largest absolute Gasteiger partial charge is 0.375 e. The molecule has 0 aliphatic heterocycles. The van der Waals surface area contributed by atoms with E-state index < -0.39 is 0 Å². The molecular weight excluding hydrogens is 220 g/mol. The standard InChI is InChI=1S/C16H24N2/c1-14-8-7-9-15(12-14)18(4)11-6-5-10-16(2,3)13-17/h7-9,12H,5-6,10-11H2,1-4H3. The molecule has 98 valence electrons. The summed E-state index contributed by atoms with van der Waals surface area (Å²) in [6.45, 7) is 7.19. The van der Waals surface area contributed by atoms with Crippen LogP contribution in [0.15, 0.2) is 24.3 Å². The van der Waals surface area contributed by atoms with Crippen LogP contribution in [0.4, 0.5) is 5.69 Å². The average molecular weight is 244 g/mol. The lowest BCUT2D eigenvalue weighted by Gasteiger charge is -2.21. The molecule has 0 aliphatic carbocycles. The highest BCUT2D eigenvalue weighted by atomic mass is 15.1. The second-order valence-corrected chi connectivity index (χ2v) is 5.71. The van der Waals surface area contributed by atoms with Crippen molar-refractivity contribution in [3.63, 3.8) is 0 Å². The Morgan fingerprint density at radius 3 is 2.61 bits per heavy atom. The van der Waals surface area contributed by atoms with Crippen LogP contribution in [0.1, 0.15) is 38.7 Å². The Hall–Kier alpha value is -1.49. The van der Waals surface area contributed by atoms with Crippen LogP contribution in [0.25, 0.3) is 0 Å². The molecule has 0 aliphatic rings. The second kappa shape index (κ2) is 6.44. The lowest BCUT2D eigenvalue weighted by atomic mass is 9.89. The topological polar surface area (TPSA) is 27.0 Å². The number of unbranched alkanes of at least 4 members (excludes halogenated alkanes) is 1. The van der Waals surface area contributed by atoms with Gasteiger partial charge >= 0.3 is 0 Å². The van der Waals surface area contributed by atoms with Gasteiger partial charge in [0.2, 0.25) is 0 Å². The van der Waals surface area contributed by atoms with Crippen molar-refractivity contribution in [1.82, 2.24) is 0 Å². The van der Waals surface area contributed by atoms with Crippen LogP contribution in [-0.4, -0.2) is 13.6 Å². The maximum absolute atomic E-state index is 8.95. The van der Waals surface area contributed by atoms with Crippen LogP contribution in [0.2, 0.25) is 0 Å². The Balaban J connectivity index is 2.34. The van der Waals surface area contributed by atoms with Crippen molar-refractivity contribution >= 4 is 5.69 Å². The number of aryl methyl sites for hydroxylation is 1. The minimum Gasteiger partial charge on any atom is -0.375 e. The van der Waals surface area contributed by atoms with Gasteiger partial charge < -0.3 is 4.90 Å². The number of nitrogens with zero attached hydrogens (tertiary/aromatic N) is 2. The van der Waals surface area contributed by atoms with Crippen molar-refractivity contribution in [3.05, 3.63) is 29.8 Å². The summed E-state index contributed by atoms with van der Waals surface area (Å²) in [5.41, 5.74) is 2.39. The monoisotopic (exact) mass is 244 g/mol. The van der Waals surface area contributed by atoms with Gasteiger partial charge in [-0.05, 0) is 51.3 Å².